The van der Waals surface area contributed by atoms with Crippen molar-refractivity contribution in [3.63, 3.8) is 0 Å². The average Bonchev–Trinajstić information content (AvgIpc) is 2.62. The summed E-state index contributed by atoms with van der Waals surface area (Å²) >= 11 is 5.75. The number of hydrogen-bond acceptors (Lipinski definition) is 2. The Morgan fingerprint density at radius 3 is 3.00 bits per heavy atom. The molecule has 0 aliphatic carbocycles. The van der Waals surface area contributed by atoms with Crippen LogP contribution in [0.1, 0.15) is 32.5 Å². The van der Waals surface area contributed by atoms with Gasteiger partial charge in [0.15, 0.2) is 0 Å². The molecule has 1 atom stereocenters. The van der Waals surface area contributed by atoms with Crippen LogP contribution in [0.5, 0.6) is 0 Å². The van der Waals surface area contributed by atoms with Crippen LogP contribution in [-0.4, -0.2) is 20.6 Å². The number of aromatic nitrogens is 3. The van der Waals surface area contributed by atoms with Crippen molar-refractivity contribution >= 4 is 11.6 Å². The van der Waals surface area contributed by atoms with Crippen LogP contribution in [-0.2, 0) is 13.0 Å². The molecular weight excluding hydrogens is 198 g/mol. The van der Waals surface area contributed by atoms with Crippen molar-refractivity contribution in [1.29, 1.82) is 0 Å². The SMILES string of the molecule is CCCn1ncnc1CCC(C)CCl. The van der Waals surface area contributed by atoms with E-state index in [4.69, 9.17) is 11.6 Å². The first-order valence-electron chi connectivity index (χ1n) is 5.20. The van der Waals surface area contributed by atoms with Crippen LogP contribution in [0.2, 0.25) is 0 Å². The Morgan fingerprint density at radius 1 is 1.57 bits per heavy atom. The van der Waals surface area contributed by atoms with Gasteiger partial charge < -0.3 is 0 Å². The van der Waals surface area contributed by atoms with Gasteiger partial charge in [0.1, 0.15) is 12.2 Å². The van der Waals surface area contributed by atoms with Gasteiger partial charge in [-0.05, 0) is 18.8 Å². The molecule has 0 aliphatic heterocycles. The Morgan fingerprint density at radius 2 is 2.36 bits per heavy atom. The van der Waals surface area contributed by atoms with Gasteiger partial charge in [0.2, 0.25) is 0 Å². The highest BCUT2D eigenvalue weighted by molar-refractivity contribution is 6.18. The van der Waals surface area contributed by atoms with E-state index in [-0.39, 0.29) is 0 Å². The lowest BCUT2D eigenvalue weighted by molar-refractivity contribution is 0.527. The highest BCUT2D eigenvalue weighted by Crippen LogP contribution is 2.09. The summed E-state index contributed by atoms with van der Waals surface area (Å²) in [5.41, 5.74) is 0. The third kappa shape index (κ3) is 3.29. The molecule has 0 aromatic carbocycles. The molecule has 0 saturated heterocycles. The number of rotatable bonds is 6. The van der Waals surface area contributed by atoms with Gasteiger partial charge in [-0.3, -0.25) is 4.68 Å². The van der Waals surface area contributed by atoms with E-state index in [9.17, 15) is 0 Å². The third-order valence-electron chi connectivity index (χ3n) is 2.26. The van der Waals surface area contributed by atoms with Gasteiger partial charge in [0.05, 0.1) is 0 Å². The first-order chi connectivity index (χ1) is 6.77. The van der Waals surface area contributed by atoms with Crippen LogP contribution in [0.3, 0.4) is 0 Å². The molecule has 0 N–H and O–H groups in total. The third-order valence-corrected chi connectivity index (χ3v) is 2.78. The molecule has 1 heterocycles. The van der Waals surface area contributed by atoms with E-state index in [2.05, 4.69) is 23.9 Å². The zero-order valence-electron chi connectivity index (χ0n) is 8.91. The van der Waals surface area contributed by atoms with E-state index in [1.807, 2.05) is 4.68 Å². The molecule has 0 fully saturated rings. The smallest absolute Gasteiger partial charge is 0.138 e. The van der Waals surface area contributed by atoms with Crippen molar-refractivity contribution in [3.8, 4) is 0 Å². The first kappa shape index (κ1) is 11.5. The zero-order valence-corrected chi connectivity index (χ0v) is 9.67. The average molecular weight is 216 g/mol. The quantitative estimate of drug-likeness (QED) is 0.683. The topological polar surface area (TPSA) is 30.7 Å². The molecule has 1 rings (SSSR count). The van der Waals surface area contributed by atoms with Gasteiger partial charge in [-0.2, -0.15) is 5.10 Å². The Balaban J connectivity index is 2.45. The van der Waals surface area contributed by atoms with E-state index in [0.29, 0.717) is 5.92 Å². The minimum absolute atomic E-state index is 0.559. The summed E-state index contributed by atoms with van der Waals surface area (Å²) in [5.74, 6) is 2.37. The summed E-state index contributed by atoms with van der Waals surface area (Å²) in [7, 11) is 0. The molecule has 3 nitrogen and oxygen atoms in total. The Hall–Kier alpha value is -0.570. The van der Waals surface area contributed by atoms with E-state index >= 15 is 0 Å². The van der Waals surface area contributed by atoms with Gasteiger partial charge >= 0.3 is 0 Å². The molecule has 1 aromatic rings. The second kappa shape index (κ2) is 6.02. The Labute approximate surface area is 90.5 Å². The predicted octanol–water partition coefficient (Wildman–Crippen LogP) is 2.50. The largest absolute Gasteiger partial charge is 0.250 e. The second-order valence-corrected chi connectivity index (χ2v) is 4.01. The molecule has 80 valence electrons. The molecule has 0 aliphatic rings. The maximum atomic E-state index is 5.75. The summed E-state index contributed by atoms with van der Waals surface area (Å²) in [6.07, 6.45) is 4.80. The fourth-order valence-corrected chi connectivity index (χ4v) is 1.49. The molecule has 0 saturated carbocycles. The molecule has 0 radical (unpaired) electrons. The second-order valence-electron chi connectivity index (χ2n) is 3.70. The first-order valence-corrected chi connectivity index (χ1v) is 5.74. The fraction of sp³-hybridized carbons (Fsp3) is 0.800. The van der Waals surface area contributed by atoms with Gasteiger partial charge in [-0.25, -0.2) is 4.98 Å². The van der Waals surface area contributed by atoms with Crippen LogP contribution in [0.4, 0.5) is 0 Å². The molecule has 14 heavy (non-hydrogen) atoms. The van der Waals surface area contributed by atoms with Crippen LogP contribution < -0.4 is 0 Å². The maximum absolute atomic E-state index is 5.75. The minimum Gasteiger partial charge on any atom is -0.250 e. The van der Waals surface area contributed by atoms with Crippen molar-refractivity contribution in [2.45, 2.75) is 39.7 Å². The predicted molar refractivity (Wildman–Crippen MR) is 58.5 cm³/mol. The van der Waals surface area contributed by atoms with E-state index < -0.39 is 0 Å². The number of alkyl halides is 1. The Bertz CT molecular complexity index is 260. The van der Waals surface area contributed by atoms with E-state index in [1.165, 1.54) is 0 Å². The Kier molecular flexibility index (Phi) is 4.94. The molecule has 4 heteroatoms. The van der Waals surface area contributed by atoms with Crippen molar-refractivity contribution in [1.82, 2.24) is 14.8 Å². The monoisotopic (exact) mass is 215 g/mol. The van der Waals surface area contributed by atoms with Crippen LogP contribution in [0.25, 0.3) is 0 Å². The molecule has 0 bridgehead atoms. The van der Waals surface area contributed by atoms with E-state index in [1.54, 1.807) is 6.33 Å². The molecular formula is C10H18ClN3. The highest BCUT2D eigenvalue weighted by atomic mass is 35.5. The van der Waals surface area contributed by atoms with Gasteiger partial charge in [-0.15, -0.1) is 11.6 Å². The molecule has 1 aromatic heterocycles. The zero-order chi connectivity index (χ0) is 10.4. The molecule has 0 amide bonds. The lowest BCUT2D eigenvalue weighted by Gasteiger charge is -2.07. The summed E-state index contributed by atoms with van der Waals surface area (Å²) in [4.78, 5) is 4.25. The van der Waals surface area contributed by atoms with Crippen molar-refractivity contribution < 1.29 is 0 Å². The number of hydrogen-bond donors (Lipinski definition) is 0. The van der Waals surface area contributed by atoms with Crippen LogP contribution >= 0.6 is 11.6 Å². The van der Waals surface area contributed by atoms with Crippen molar-refractivity contribution in [2.24, 2.45) is 5.92 Å². The van der Waals surface area contributed by atoms with Crippen LogP contribution in [0, 0.1) is 5.92 Å². The lowest BCUT2D eigenvalue weighted by atomic mass is 10.1. The maximum Gasteiger partial charge on any atom is 0.138 e. The van der Waals surface area contributed by atoms with Crippen molar-refractivity contribution in [2.75, 3.05) is 5.88 Å². The van der Waals surface area contributed by atoms with E-state index in [0.717, 1.165) is 37.5 Å². The van der Waals surface area contributed by atoms with Gasteiger partial charge in [0.25, 0.3) is 0 Å². The highest BCUT2D eigenvalue weighted by Gasteiger charge is 2.06. The van der Waals surface area contributed by atoms with Gasteiger partial charge in [0, 0.05) is 18.8 Å². The summed E-state index contributed by atoms with van der Waals surface area (Å²) in [6.45, 7) is 5.27. The normalized spacial score (nSPS) is 13.1. The number of halogens is 1. The van der Waals surface area contributed by atoms with Crippen LogP contribution in [0.15, 0.2) is 6.33 Å². The molecule has 0 spiro atoms. The minimum atomic E-state index is 0.559. The molecule has 1 unspecified atom stereocenters. The fourth-order valence-electron chi connectivity index (χ4n) is 1.33. The number of aryl methyl sites for hydroxylation is 2. The van der Waals surface area contributed by atoms with Gasteiger partial charge in [-0.1, -0.05) is 13.8 Å². The summed E-state index contributed by atoms with van der Waals surface area (Å²) < 4.78 is 1.99. The lowest BCUT2D eigenvalue weighted by Crippen LogP contribution is -2.07. The standard InChI is InChI=1S/C10H18ClN3/c1-3-6-14-10(12-8-13-14)5-4-9(2)7-11/h8-9H,3-7H2,1-2H3. The summed E-state index contributed by atoms with van der Waals surface area (Å²) in [5, 5.41) is 4.18. The number of nitrogens with zero attached hydrogens (tertiary/aromatic N) is 3. The van der Waals surface area contributed by atoms with Crippen molar-refractivity contribution in [3.05, 3.63) is 12.2 Å². The summed E-state index contributed by atoms with van der Waals surface area (Å²) in [6, 6.07) is 0.